The number of aromatic amines is 1. The van der Waals surface area contributed by atoms with Crippen molar-refractivity contribution in [3.05, 3.63) is 35.9 Å². The largest absolute Gasteiger partial charge is 0.385 e. The van der Waals surface area contributed by atoms with Crippen molar-refractivity contribution in [2.24, 2.45) is 0 Å². The molecule has 0 radical (unpaired) electrons. The number of thioether (sulfide) groups is 1. The van der Waals surface area contributed by atoms with Crippen LogP contribution in [0.1, 0.15) is 12.5 Å². The van der Waals surface area contributed by atoms with Crippen LogP contribution in [0.25, 0.3) is 0 Å². The third-order valence-electron chi connectivity index (χ3n) is 2.36. The molecule has 0 fully saturated rings. The molecule has 0 aliphatic heterocycles. The van der Waals surface area contributed by atoms with Crippen LogP contribution in [0.3, 0.4) is 0 Å². The molecule has 5 nitrogen and oxygen atoms in total. The fourth-order valence-electron chi connectivity index (χ4n) is 1.41. The van der Waals surface area contributed by atoms with Crippen molar-refractivity contribution in [1.29, 1.82) is 0 Å². The maximum atomic E-state index is 10.3. The first kappa shape index (κ1) is 11.9. The lowest BCUT2D eigenvalue weighted by Crippen LogP contribution is -2.24. The Morgan fingerprint density at radius 2 is 2.12 bits per heavy atom. The zero-order valence-electron chi connectivity index (χ0n) is 9.42. The molecular weight excluding hydrogens is 236 g/mol. The van der Waals surface area contributed by atoms with Crippen LogP contribution >= 0.6 is 11.8 Å². The number of nitrogens with zero attached hydrogens (tertiary/aromatic N) is 2. The van der Waals surface area contributed by atoms with E-state index in [1.165, 1.54) is 11.8 Å². The third kappa shape index (κ3) is 2.98. The van der Waals surface area contributed by atoms with E-state index in [0.29, 0.717) is 10.9 Å². The molecule has 1 unspecified atom stereocenters. The van der Waals surface area contributed by atoms with Crippen LogP contribution in [0.5, 0.6) is 0 Å². The van der Waals surface area contributed by atoms with E-state index in [2.05, 4.69) is 15.2 Å². The Balaban J connectivity index is 2.03. The predicted octanol–water partition coefficient (Wildman–Crippen LogP) is 1.39. The summed E-state index contributed by atoms with van der Waals surface area (Å²) in [5, 5.41) is 17.3. The van der Waals surface area contributed by atoms with E-state index in [4.69, 9.17) is 5.73 Å². The molecule has 0 spiro atoms. The highest BCUT2D eigenvalue weighted by Gasteiger charge is 2.23. The number of anilines is 1. The lowest BCUT2D eigenvalue weighted by molar-refractivity contribution is 0.0839. The van der Waals surface area contributed by atoms with Gasteiger partial charge >= 0.3 is 0 Å². The van der Waals surface area contributed by atoms with Crippen LogP contribution in [0.4, 0.5) is 5.95 Å². The molecule has 90 valence electrons. The molecule has 1 heterocycles. The van der Waals surface area contributed by atoms with E-state index in [-0.39, 0.29) is 5.95 Å². The molecule has 1 aromatic heterocycles. The van der Waals surface area contributed by atoms with Crippen LogP contribution in [0.15, 0.2) is 35.5 Å². The molecule has 0 aliphatic rings. The lowest BCUT2D eigenvalue weighted by atomic mass is 9.99. The summed E-state index contributed by atoms with van der Waals surface area (Å²) in [5.41, 5.74) is 5.38. The van der Waals surface area contributed by atoms with Gasteiger partial charge in [0.2, 0.25) is 11.1 Å². The molecule has 0 saturated heterocycles. The molecule has 2 rings (SSSR count). The quantitative estimate of drug-likeness (QED) is 0.714. The Kier molecular flexibility index (Phi) is 3.35. The Morgan fingerprint density at radius 3 is 2.71 bits per heavy atom. The monoisotopic (exact) mass is 250 g/mol. The highest BCUT2D eigenvalue weighted by molar-refractivity contribution is 7.99. The van der Waals surface area contributed by atoms with Crippen LogP contribution < -0.4 is 5.73 Å². The number of H-pyrrole nitrogens is 1. The minimum Gasteiger partial charge on any atom is -0.385 e. The second-order valence-electron chi connectivity index (χ2n) is 3.93. The van der Waals surface area contributed by atoms with E-state index >= 15 is 0 Å². The first-order valence-electron chi connectivity index (χ1n) is 5.16. The summed E-state index contributed by atoms with van der Waals surface area (Å²) >= 11 is 1.36. The summed E-state index contributed by atoms with van der Waals surface area (Å²) in [5.74, 6) is 0.751. The van der Waals surface area contributed by atoms with Gasteiger partial charge in [-0.3, -0.25) is 0 Å². The van der Waals surface area contributed by atoms with Gasteiger partial charge in [0.1, 0.15) is 0 Å². The molecule has 0 aliphatic carbocycles. The van der Waals surface area contributed by atoms with Crippen molar-refractivity contribution >= 4 is 17.7 Å². The lowest BCUT2D eigenvalue weighted by Gasteiger charge is -2.22. The molecule has 0 saturated carbocycles. The predicted molar refractivity (Wildman–Crippen MR) is 67.5 cm³/mol. The van der Waals surface area contributed by atoms with Gasteiger partial charge in [0.25, 0.3) is 0 Å². The van der Waals surface area contributed by atoms with Gasteiger partial charge in [-0.25, -0.2) is 5.10 Å². The fourth-order valence-corrected chi connectivity index (χ4v) is 2.26. The third-order valence-corrected chi connectivity index (χ3v) is 3.51. The summed E-state index contributed by atoms with van der Waals surface area (Å²) in [6, 6.07) is 9.51. The van der Waals surface area contributed by atoms with Gasteiger partial charge in [-0.2, -0.15) is 4.98 Å². The van der Waals surface area contributed by atoms with Gasteiger partial charge in [0.05, 0.1) is 5.60 Å². The molecular formula is C11H14N4OS. The van der Waals surface area contributed by atoms with E-state index in [1.807, 2.05) is 30.3 Å². The van der Waals surface area contributed by atoms with E-state index in [1.54, 1.807) is 6.92 Å². The number of benzene rings is 1. The molecule has 1 atom stereocenters. The smallest absolute Gasteiger partial charge is 0.216 e. The van der Waals surface area contributed by atoms with Crippen molar-refractivity contribution in [2.45, 2.75) is 17.7 Å². The molecule has 17 heavy (non-hydrogen) atoms. The number of aliphatic hydroxyl groups is 1. The number of nitrogens with one attached hydrogen (secondary N) is 1. The fraction of sp³-hybridized carbons (Fsp3) is 0.273. The highest BCUT2D eigenvalue weighted by Crippen LogP contribution is 2.27. The standard InChI is InChI=1S/C11H14N4OS/c1-11(16,8-5-3-2-4-6-8)7-17-10-13-9(12)14-15-10/h2-6,16H,7H2,1H3,(H3,12,13,14,15). The number of nitrogen functional groups attached to an aromatic ring is 1. The summed E-state index contributed by atoms with van der Waals surface area (Å²) < 4.78 is 0. The number of hydrogen-bond acceptors (Lipinski definition) is 5. The maximum Gasteiger partial charge on any atom is 0.216 e. The summed E-state index contributed by atoms with van der Waals surface area (Å²) in [4.78, 5) is 3.97. The van der Waals surface area contributed by atoms with Crippen molar-refractivity contribution in [3.8, 4) is 0 Å². The minimum atomic E-state index is -0.915. The van der Waals surface area contributed by atoms with Crippen LogP contribution in [-0.4, -0.2) is 26.0 Å². The van der Waals surface area contributed by atoms with Gasteiger partial charge in [0, 0.05) is 5.75 Å². The SMILES string of the molecule is CC(O)(CSc1n[nH]c(N)n1)c1ccccc1. The van der Waals surface area contributed by atoms with E-state index in [9.17, 15) is 5.11 Å². The second kappa shape index (κ2) is 4.77. The van der Waals surface area contributed by atoms with Gasteiger partial charge in [-0.05, 0) is 12.5 Å². The van der Waals surface area contributed by atoms with Crippen LogP contribution in [0, 0.1) is 0 Å². The number of aromatic nitrogens is 3. The molecule has 0 bridgehead atoms. The first-order valence-corrected chi connectivity index (χ1v) is 6.15. The molecule has 4 N–H and O–H groups in total. The summed E-state index contributed by atoms with van der Waals surface area (Å²) in [6.45, 7) is 1.77. The molecule has 0 amide bonds. The number of hydrogen-bond donors (Lipinski definition) is 3. The zero-order chi connectivity index (χ0) is 12.3. The summed E-state index contributed by atoms with van der Waals surface area (Å²) in [7, 11) is 0. The van der Waals surface area contributed by atoms with Crippen molar-refractivity contribution < 1.29 is 5.11 Å². The molecule has 1 aromatic carbocycles. The normalized spacial score (nSPS) is 14.5. The average Bonchev–Trinajstić information content (AvgIpc) is 2.74. The summed E-state index contributed by atoms with van der Waals surface area (Å²) in [6.07, 6.45) is 0. The van der Waals surface area contributed by atoms with E-state index < -0.39 is 5.60 Å². The molecule has 2 aromatic rings. The Hall–Kier alpha value is -1.53. The highest BCUT2D eigenvalue weighted by atomic mass is 32.2. The Morgan fingerprint density at radius 1 is 1.41 bits per heavy atom. The number of rotatable bonds is 4. The second-order valence-corrected chi connectivity index (χ2v) is 4.87. The van der Waals surface area contributed by atoms with Crippen molar-refractivity contribution in [2.75, 3.05) is 11.5 Å². The van der Waals surface area contributed by atoms with E-state index in [0.717, 1.165) is 5.56 Å². The van der Waals surface area contributed by atoms with Gasteiger partial charge in [-0.1, -0.05) is 42.1 Å². The van der Waals surface area contributed by atoms with Gasteiger partial charge < -0.3 is 10.8 Å². The Labute approximate surface area is 103 Å². The zero-order valence-corrected chi connectivity index (χ0v) is 10.2. The maximum absolute atomic E-state index is 10.3. The van der Waals surface area contributed by atoms with Crippen LogP contribution in [-0.2, 0) is 5.60 Å². The molecule has 6 heteroatoms. The van der Waals surface area contributed by atoms with Gasteiger partial charge in [0.15, 0.2) is 0 Å². The average molecular weight is 250 g/mol. The van der Waals surface area contributed by atoms with Crippen molar-refractivity contribution in [3.63, 3.8) is 0 Å². The van der Waals surface area contributed by atoms with Crippen LogP contribution in [0.2, 0.25) is 0 Å². The minimum absolute atomic E-state index is 0.284. The first-order chi connectivity index (χ1) is 8.08. The van der Waals surface area contributed by atoms with Gasteiger partial charge in [-0.15, -0.1) is 5.10 Å². The Bertz CT molecular complexity index is 483. The number of nitrogens with two attached hydrogens (primary N) is 1. The topological polar surface area (TPSA) is 87.8 Å². The van der Waals surface area contributed by atoms with Crippen molar-refractivity contribution in [1.82, 2.24) is 15.2 Å².